The smallest absolute Gasteiger partial charge is 0.171 e. The molecule has 0 bridgehead atoms. The highest BCUT2D eigenvalue weighted by Gasteiger charge is 2.16. The lowest BCUT2D eigenvalue weighted by Crippen LogP contribution is -2.43. The van der Waals surface area contributed by atoms with Gasteiger partial charge in [-0.2, -0.15) is 0 Å². The van der Waals surface area contributed by atoms with Gasteiger partial charge in [-0.05, 0) is 20.3 Å². The first-order valence-corrected chi connectivity index (χ1v) is 4.47. The summed E-state index contributed by atoms with van der Waals surface area (Å²) < 4.78 is 10.2. The Morgan fingerprint density at radius 1 is 1.17 bits per heavy atom. The van der Waals surface area contributed by atoms with E-state index in [1.807, 2.05) is 0 Å². The second-order valence-corrected chi connectivity index (χ2v) is 3.10. The fourth-order valence-corrected chi connectivity index (χ4v) is 1.15. The van der Waals surface area contributed by atoms with E-state index in [-0.39, 0.29) is 12.3 Å². The van der Waals surface area contributed by atoms with E-state index < -0.39 is 0 Å². The first kappa shape index (κ1) is 11.9. The van der Waals surface area contributed by atoms with Gasteiger partial charge in [-0.25, -0.2) is 0 Å². The molecule has 0 radical (unpaired) electrons. The molecule has 3 nitrogen and oxygen atoms in total. The molecule has 0 saturated carbocycles. The lowest BCUT2D eigenvalue weighted by molar-refractivity contribution is -0.120. The average Bonchev–Trinajstić information content (AvgIpc) is 2.06. The van der Waals surface area contributed by atoms with Crippen molar-refractivity contribution < 1.29 is 9.47 Å². The van der Waals surface area contributed by atoms with Gasteiger partial charge in [0.25, 0.3) is 0 Å². The van der Waals surface area contributed by atoms with Crippen LogP contribution in [0, 0.1) is 0 Å². The number of ether oxygens (including phenoxy) is 2. The van der Waals surface area contributed by atoms with Crippen LogP contribution in [-0.4, -0.2) is 32.6 Å². The summed E-state index contributed by atoms with van der Waals surface area (Å²) in [5.41, 5.74) is 0. The Labute approximate surface area is 75.4 Å². The maximum absolute atomic E-state index is 5.12. The maximum atomic E-state index is 5.12. The molecule has 0 saturated heterocycles. The zero-order chi connectivity index (χ0) is 9.56. The van der Waals surface area contributed by atoms with Gasteiger partial charge in [-0.3, -0.25) is 0 Å². The monoisotopic (exact) mass is 175 g/mol. The number of methoxy groups -OCH3 is 2. The lowest BCUT2D eigenvalue weighted by Gasteiger charge is -2.25. The summed E-state index contributed by atoms with van der Waals surface area (Å²) in [6, 6.07) is 0.739. The minimum Gasteiger partial charge on any atom is -0.354 e. The van der Waals surface area contributed by atoms with E-state index in [1.54, 1.807) is 14.2 Å². The lowest BCUT2D eigenvalue weighted by atomic mass is 10.2. The largest absolute Gasteiger partial charge is 0.354 e. The van der Waals surface area contributed by atoms with E-state index in [4.69, 9.17) is 9.47 Å². The van der Waals surface area contributed by atoms with Crippen molar-refractivity contribution in [2.75, 3.05) is 14.2 Å². The van der Waals surface area contributed by atoms with Crippen LogP contribution < -0.4 is 5.32 Å². The molecule has 3 heteroatoms. The third-order valence-corrected chi connectivity index (χ3v) is 2.03. The maximum Gasteiger partial charge on any atom is 0.171 e. The van der Waals surface area contributed by atoms with Gasteiger partial charge in [0.1, 0.15) is 0 Å². The molecule has 0 spiro atoms. The summed E-state index contributed by atoms with van der Waals surface area (Å²) in [5.74, 6) is 0. The van der Waals surface area contributed by atoms with Crippen molar-refractivity contribution in [3.63, 3.8) is 0 Å². The van der Waals surface area contributed by atoms with Gasteiger partial charge < -0.3 is 14.8 Å². The van der Waals surface area contributed by atoms with Crippen LogP contribution in [-0.2, 0) is 9.47 Å². The molecule has 0 aliphatic rings. The van der Waals surface area contributed by atoms with Crippen LogP contribution in [0.1, 0.15) is 27.2 Å². The molecule has 0 aromatic rings. The van der Waals surface area contributed by atoms with Crippen molar-refractivity contribution in [2.45, 2.75) is 45.6 Å². The molecule has 0 aromatic heterocycles. The summed E-state index contributed by atoms with van der Waals surface area (Å²) in [6.45, 7) is 6.36. The molecule has 0 aliphatic carbocycles. The van der Waals surface area contributed by atoms with Crippen LogP contribution in [0.15, 0.2) is 0 Å². The van der Waals surface area contributed by atoms with Crippen LogP contribution in [0.5, 0.6) is 0 Å². The molecule has 0 heterocycles. The normalized spacial score (nSPS) is 16.5. The fraction of sp³-hybridized carbons (Fsp3) is 1.00. The molecule has 0 aliphatic heterocycles. The Morgan fingerprint density at radius 3 is 2.00 bits per heavy atom. The molecule has 74 valence electrons. The predicted octanol–water partition coefficient (Wildman–Crippen LogP) is 1.38. The molecule has 2 unspecified atom stereocenters. The number of rotatable bonds is 6. The van der Waals surface area contributed by atoms with E-state index in [9.17, 15) is 0 Å². The molecular formula is C9H21NO2. The molecule has 0 rings (SSSR count). The number of hydrogen-bond acceptors (Lipinski definition) is 3. The second-order valence-electron chi connectivity index (χ2n) is 3.10. The molecule has 0 amide bonds. The van der Waals surface area contributed by atoms with Crippen molar-refractivity contribution in [1.82, 2.24) is 5.32 Å². The first-order chi connectivity index (χ1) is 5.65. The molecule has 2 atom stereocenters. The van der Waals surface area contributed by atoms with E-state index >= 15 is 0 Å². The Kier molecular flexibility index (Phi) is 6.34. The van der Waals surface area contributed by atoms with Crippen molar-refractivity contribution in [2.24, 2.45) is 0 Å². The van der Waals surface area contributed by atoms with Crippen molar-refractivity contribution >= 4 is 0 Å². The Balaban J connectivity index is 3.75. The number of hydrogen-bond donors (Lipinski definition) is 1. The van der Waals surface area contributed by atoms with E-state index in [2.05, 4.69) is 26.1 Å². The predicted molar refractivity (Wildman–Crippen MR) is 50.2 cm³/mol. The van der Waals surface area contributed by atoms with Gasteiger partial charge >= 0.3 is 0 Å². The summed E-state index contributed by atoms with van der Waals surface area (Å²) >= 11 is 0. The number of nitrogens with one attached hydrogen (secondary N) is 1. The zero-order valence-electron chi connectivity index (χ0n) is 8.76. The average molecular weight is 175 g/mol. The van der Waals surface area contributed by atoms with Gasteiger partial charge in [0.15, 0.2) is 6.29 Å². The topological polar surface area (TPSA) is 30.5 Å². The highest BCUT2D eigenvalue weighted by atomic mass is 16.7. The van der Waals surface area contributed by atoms with Crippen molar-refractivity contribution in [1.29, 1.82) is 0 Å². The zero-order valence-corrected chi connectivity index (χ0v) is 8.76. The van der Waals surface area contributed by atoms with E-state index in [0.717, 1.165) is 6.42 Å². The summed E-state index contributed by atoms with van der Waals surface area (Å²) in [5, 5.41) is 3.38. The van der Waals surface area contributed by atoms with Crippen LogP contribution in [0.25, 0.3) is 0 Å². The van der Waals surface area contributed by atoms with E-state index in [1.165, 1.54) is 0 Å². The minimum absolute atomic E-state index is 0.154. The Morgan fingerprint density at radius 2 is 1.67 bits per heavy atom. The minimum atomic E-state index is -0.154. The molecule has 0 aromatic carbocycles. The van der Waals surface area contributed by atoms with Crippen LogP contribution in [0.3, 0.4) is 0 Å². The highest BCUT2D eigenvalue weighted by Crippen LogP contribution is 2.01. The SMILES string of the molecule is CCC(C)NC(C)C(OC)OC. The third-order valence-electron chi connectivity index (χ3n) is 2.03. The van der Waals surface area contributed by atoms with E-state index in [0.29, 0.717) is 6.04 Å². The summed E-state index contributed by atoms with van der Waals surface area (Å²) in [7, 11) is 3.31. The van der Waals surface area contributed by atoms with Gasteiger partial charge in [-0.1, -0.05) is 6.92 Å². The van der Waals surface area contributed by atoms with Gasteiger partial charge in [0, 0.05) is 20.3 Å². The molecule has 1 N–H and O–H groups in total. The van der Waals surface area contributed by atoms with Crippen molar-refractivity contribution in [3.05, 3.63) is 0 Å². The Bertz CT molecular complexity index is 105. The van der Waals surface area contributed by atoms with Gasteiger partial charge in [-0.15, -0.1) is 0 Å². The third kappa shape index (κ3) is 4.04. The Hall–Kier alpha value is -0.120. The highest BCUT2D eigenvalue weighted by molar-refractivity contribution is 4.68. The van der Waals surface area contributed by atoms with Crippen LogP contribution in [0.2, 0.25) is 0 Å². The quantitative estimate of drug-likeness (QED) is 0.619. The van der Waals surface area contributed by atoms with Crippen LogP contribution in [0.4, 0.5) is 0 Å². The summed E-state index contributed by atoms with van der Waals surface area (Å²) in [6.07, 6.45) is 0.962. The second kappa shape index (κ2) is 6.40. The molecule has 0 fully saturated rings. The van der Waals surface area contributed by atoms with Gasteiger partial charge in [0.05, 0.1) is 6.04 Å². The van der Waals surface area contributed by atoms with Gasteiger partial charge in [0.2, 0.25) is 0 Å². The molecule has 12 heavy (non-hydrogen) atoms. The summed E-state index contributed by atoms with van der Waals surface area (Å²) in [4.78, 5) is 0. The fourth-order valence-electron chi connectivity index (χ4n) is 1.15. The van der Waals surface area contributed by atoms with Crippen LogP contribution >= 0.6 is 0 Å². The first-order valence-electron chi connectivity index (χ1n) is 4.47. The molecular weight excluding hydrogens is 154 g/mol. The van der Waals surface area contributed by atoms with Crippen molar-refractivity contribution in [3.8, 4) is 0 Å². The standard InChI is InChI=1S/C9H21NO2/c1-6-7(2)10-8(3)9(11-4)12-5/h7-10H,6H2,1-5H3.